The Bertz CT molecular complexity index is 388. The molecule has 134 valence electrons. The number of carboxylic acids is 1. The highest BCUT2D eigenvalue weighted by molar-refractivity contribution is 5.88. The second kappa shape index (κ2) is 11.0. The normalized spacial score (nSPS) is 17.0. The zero-order valence-electron chi connectivity index (χ0n) is 14.9. The van der Waals surface area contributed by atoms with Crippen LogP contribution in [0.1, 0.15) is 40.5 Å². The summed E-state index contributed by atoms with van der Waals surface area (Å²) in [7, 11) is 2.01. The highest BCUT2D eigenvalue weighted by atomic mass is 16.4. The molecule has 0 aromatic carbocycles. The molecule has 0 aromatic rings. The van der Waals surface area contributed by atoms with Crippen LogP contribution in [-0.2, 0) is 14.4 Å². The SMILES string of the molecule is CC(C)C.CC(NC(=O)CNC(=O)C1CCN(C)CC1)C(=O)O. The van der Waals surface area contributed by atoms with Crippen LogP contribution in [-0.4, -0.2) is 60.5 Å². The summed E-state index contributed by atoms with van der Waals surface area (Å²) in [5.74, 6) is -0.946. The number of hydrogen-bond donors (Lipinski definition) is 3. The van der Waals surface area contributed by atoms with Crippen molar-refractivity contribution in [1.82, 2.24) is 15.5 Å². The fraction of sp³-hybridized carbons (Fsp3) is 0.812. The monoisotopic (exact) mass is 329 g/mol. The Morgan fingerprint density at radius 1 is 1.13 bits per heavy atom. The van der Waals surface area contributed by atoms with Crippen molar-refractivity contribution in [1.29, 1.82) is 0 Å². The van der Waals surface area contributed by atoms with Gasteiger partial charge < -0.3 is 20.6 Å². The van der Waals surface area contributed by atoms with Gasteiger partial charge in [-0.15, -0.1) is 0 Å². The molecule has 0 aromatic heterocycles. The molecular formula is C16H31N3O4. The number of amides is 2. The lowest BCUT2D eigenvalue weighted by Gasteiger charge is -2.27. The Kier molecular flexibility index (Phi) is 10.2. The third-order valence-electron chi connectivity index (χ3n) is 3.26. The third-order valence-corrected chi connectivity index (χ3v) is 3.26. The molecule has 0 radical (unpaired) electrons. The highest BCUT2D eigenvalue weighted by Gasteiger charge is 2.23. The summed E-state index contributed by atoms with van der Waals surface area (Å²) in [6, 6.07) is -0.951. The maximum absolute atomic E-state index is 11.8. The van der Waals surface area contributed by atoms with Crippen molar-refractivity contribution in [3.05, 3.63) is 0 Å². The molecule has 1 saturated heterocycles. The smallest absolute Gasteiger partial charge is 0.325 e. The van der Waals surface area contributed by atoms with Crippen LogP contribution in [0.4, 0.5) is 0 Å². The molecule has 2 amide bonds. The molecule has 1 aliphatic heterocycles. The predicted octanol–water partition coefficient (Wildman–Crippen LogP) is 0.696. The first-order valence-electron chi connectivity index (χ1n) is 8.11. The fourth-order valence-corrected chi connectivity index (χ4v) is 1.94. The molecule has 3 N–H and O–H groups in total. The summed E-state index contributed by atoms with van der Waals surface area (Å²) in [6.45, 7) is 9.45. The van der Waals surface area contributed by atoms with Crippen LogP contribution in [0.5, 0.6) is 0 Å². The molecule has 1 aliphatic rings. The predicted molar refractivity (Wildman–Crippen MR) is 89.0 cm³/mol. The molecule has 0 saturated carbocycles. The summed E-state index contributed by atoms with van der Waals surface area (Å²) in [5, 5.41) is 13.5. The molecule has 1 unspecified atom stereocenters. The topological polar surface area (TPSA) is 98.7 Å². The molecule has 0 aliphatic carbocycles. The van der Waals surface area contributed by atoms with Crippen molar-refractivity contribution in [2.45, 2.75) is 46.6 Å². The Morgan fingerprint density at radius 3 is 2.04 bits per heavy atom. The number of carbonyl (C=O) groups is 3. The van der Waals surface area contributed by atoms with Gasteiger partial charge in [0, 0.05) is 5.92 Å². The zero-order valence-corrected chi connectivity index (χ0v) is 14.9. The van der Waals surface area contributed by atoms with Gasteiger partial charge in [0.05, 0.1) is 6.54 Å². The first-order valence-corrected chi connectivity index (χ1v) is 8.11. The Morgan fingerprint density at radius 2 is 1.61 bits per heavy atom. The summed E-state index contributed by atoms with van der Waals surface area (Å²) < 4.78 is 0. The molecule has 7 heteroatoms. The number of nitrogens with zero attached hydrogens (tertiary/aromatic N) is 1. The van der Waals surface area contributed by atoms with Crippen LogP contribution >= 0.6 is 0 Å². The van der Waals surface area contributed by atoms with Crippen LogP contribution in [0.2, 0.25) is 0 Å². The summed E-state index contributed by atoms with van der Waals surface area (Å²) in [6.07, 6.45) is 1.57. The molecule has 7 nitrogen and oxygen atoms in total. The van der Waals surface area contributed by atoms with E-state index in [0.717, 1.165) is 31.8 Å². The second-order valence-electron chi connectivity index (χ2n) is 6.65. The van der Waals surface area contributed by atoms with Gasteiger partial charge in [-0.3, -0.25) is 14.4 Å². The first kappa shape index (κ1) is 21.4. The van der Waals surface area contributed by atoms with Gasteiger partial charge in [-0.1, -0.05) is 20.8 Å². The van der Waals surface area contributed by atoms with Crippen molar-refractivity contribution < 1.29 is 19.5 Å². The molecule has 23 heavy (non-hydrogen) atoms. The van der Waals surface area contributed by atoms with E-state index < -0.39 is 17.9 Å². The van der Waals surface area contributed by atoms with Crippen molar-refractivity contribution in [3.63, 3.8) is 0 Å². The summed E-state index contributed by atoms with van der Waals surface area (Å²) in [4.78, 5) is 35.9. The van der Waals surface area contributed by atoms with Gasteiger partial charge in [-0.05, 0) is 45.8 Å². The lowest BCUT2D eigenvalue weighted by Crippen LogP contribution is -2.46. The lowest BCUT2D eigenvalue weighted by molar-refractivity contribution is -0.141. The minimum atomic E-state index is -1.10. The minimum Gasteiger partial charge on any atom is -0.480 e. The highest BCUT2D eigenvalue weighted by Crippen LogP contribution is 2.15. The van der Waals surface area contributed by atoms with E-state index in [0.29, 0.717) is 0 Å². The van der Waals surface area contributed by atoms with Gasteiger partial charge in [0.1, 0.15) is 6.04 Å². The van der Waals surface area contributed by atoms with Crippen LogP contribution in [0.25, 0.3) is 0 Å². The quantitative estimate of drug-likeness (QED) is 0.689. The number of piperidine rings is 1. The van der Waals surface area contributed by atoms with Gasteiger partial charge in [0.15, 0.2) is 0 Å². The fourth-order valence-electron chi connectivity index (χ4n) is 1.94. The van der Waals surface area contributed by atoms with Crippen LogP contribution in [0.3, 0.4) is 0 Å². The zero-order chi connectivity index (χ0) is 18.0. The van der Waals surface area contributed by atoms with E-state index in [1.807, 2.05) is 7.05 Å². The van der Waals surface area contributed by atoms with E-state index in [4.69, 9.17) is 5.11 Å². The van der Waals surface area contributed by atoms with Crippen LogP contribution in [0.15, 0.2) is 0 Å². The number of aliphatic carboxylic acids is 1. The Balaban J connectivity index is 0.00000108. The largest absolute Gasteiger partial charge is 0.480 e. The maximum Gasteiger partial charge on any atom is 0.325 e. The van der Waals surface area contributed by atoms with Gasteiger partial charge >= 0.3 is 5.97 Å². The number of carbonyl (C=O) groups excluding carboxylic acids is 2. The van der Waals surface area contributed by atoms with E-state index in [9.17, 15) is 14.4 Å². The lowest BCUT2D eigenvalue weighted by atomic mass is 9.96. The molecule has 0 bridgehead atoms. The molecular weight excluding hydrogens is 298 g/mol. The van der Waals surface area contributed by atoms with Crippen LogP contribution in [0, 0.1) is 11.8 Å². The number of hydrogen-bond acceptors (Lipinski definition) is 4. The molecule has 1 atom stereocenters. The average molecular weight is 329 g/mol. The Labute approximate surface area is 138 Å². The molecule has 1 rings (SSSR count). The first-order chi connectivity index (χ1) is 10.6. The average Bonchev–Trinajstić information content (AvgIpc) is 2.44. The maximum atomic E-state index is 11.8. The van der Waals surface area contributed by atoms with E-state index in [1.54, 1.807) is 0 Å². The van der Waals surface area contributed by atoms with E-state index in [1.165, 1.54) is 6.92 Å². The standard InChI is InChI=1S/C12H21N3O4.C4H10/c1-8(12(18)19)14-10(16)7-13-11(17)9-3-5-15(2)6-4-9;1-4(2)3/h8-9H,3-7H2,1-2H3,(H,13,17)(H,14,16)(H,18,19);4H,1-3H3. The van der Waals surface area contributed by atoms with Gasteiger partial charge in [0.25, 0.3) is 0 Å². The number of carboxylic acid groups (broad SMARTS) is 1. The van der Waals surface area contributed by atoms with Crippen molar-refractivity contribution in [2.75, 3.05) is 26.7 Å². The van der Waals surface area contributed by atoms with Crippen molar-refractivity contribution >= 4 is 17.8 Å². The summed E-state index contributed by atoms with van der Waals surface area (Å²) in [5.41, 5.74) is 0. The van der Waals surface area contributed by atoms with Gasteiger partial charge in [0.2, 0.25) is 11.8 Å². The van der Waals surface area contributed by atoms with Crippen LogP contribution < -0.4 is 10.6 Å². The Hall–Kier alpha value is -1.63. The third kappa shape index (κ3) is 10.7. The number of nitrogens with one attached hydrogen (secondary N) is 2. The number of likely N-dealkylation sites (tertiary alicyclic amines) is 1. The van der Waals surface area contributed by atoms with Crippen molar-refractivity contribution in [3.8, 4) is 0 Å². The molecule has 1 fully saturated rings. The molecule has 0 spiro atoms. The van der Waals surface area contributed by atoms with Gasteiger partial charge in [-0.2, -0.15) is 0 Å². The summed E-state index contributed by atoms with van der Waals surface area (Å²) >= 11 is 0. The number of rotatable bonds is 5. The molecule has 1 heterocycles. The van der Waals surface area contributed by atoms with Gasteiger partial charge in [-0.25, -0.2) is 0 Å². The van der Waals surface area contributed by atoms with E-state index in [2.05, 4.69) is 36.3 Å². The van der Waals surface area contributed by atoms with E-state index in [-0.39, 0.29) is 18.4 Å². The van der Waals surface area contributed by atoms with E-state index >= 15 is 0 Å². The second-order valence-corrected chi connectivity index (χ2v) is 6.65. The van der Waals surface area contributed by atoms with Crippen molar-refractivity contribution in [2.24, 2.45) is 11.8 Å². The minimum absolute atomic E-state index is 0.0547.